The van der Waals surface area contributed by atoms with Gasteiger partial charge in [0.25, 0.3) is 5.69 Å². The van der Waals surface area contributed by atoms with Crippen LogP contribution in [0.15, 0.2) is 48.5 Å². The molecule has 21 heavy (non-hydrogen) atoms. The molecule has 0 aliphatic rings. The van der Waals surface area contributed by atoms with Gasteiger partial charge in [0.1, 0.15) is 0 Å². The number of hydrogen-bond acceptors (Lipinski definition) is 4. The van der Waals surface area contributed by atoms with Crippen molar-refractivity contribution in [2.45, 2.75) is 6.54 Å². The summed E-state index contributed by atoms with van der Waals surface area (Å²) in [4.78, 5) is 10.5. The van der Waals surface area contributed by atoms with E-state index in [4.69, 9.17) is 4.74 Å². The molecule has 3 rings (SSSR count). The highest BCUT2D eigenvalue weighted by Crippen LogP contribution is 2.29. The molecule has 0 unspecified atom stereocenters. The van der Waals surface area contributed by atoms with Crippen molar-refractivity contribution in [1.82, 2.24) is 9.78 Å². The maximum Gasteiger partial charge on any atom is 0.270 e. The van der Waals surface area contributed by atoms with Crippen molar-refractivity contribution in [2.75, 3.05) is 7.11 Å². The monoisotopic (exact) mass is 283 g/mol. The molecule has 0 N–H and O–H groups in total. The van der Waals surface area contributed by atoms with Crippen LogP contribution in [-0.2, 0) is 6.54 Å². The second-order valence-electron chi connectivity index (χ2n) is 4.61. The highest BCUT2D eigenvalue weighted by atomic mass is 16.6. The molecule has 2 aromatic carbocycles. The largest absolute Gasteiger partial charge is 0.481 e. The van der Waals surface area contributed by atoms with E-state index in [0.29, 0.717) is 23.3 Å². The predicted molar refractivity (Wildman–Crippen MR) is 78.5 cm³/mol. The summed E-state index contributed by atoms with van der Waals surface area (Å²) in [6.45, 7) is 0.548. The Morgan fingerprint density at radius 2 is 2.00 bits per heavy atom. The van der Waals surface area contributed by atoms with E-state index >= 15 is 0 Å². The molecule has 0 radical (unpaired) electrons. The zero-order valence-electron chi connectivity index (χ0n) is 11.4. The number of nitro groups is 1. The SMILES string of the molecule is COc1c2cc([N+](=O)[O-])ccc2nn1Cc1ccccc1. The molecule has 0 fully saturated rings. The van der Waals surface area contributed by atoms with Gasteiger partial charge in [-0.2, -0.15) is 5.10 Å². The fraction of sp³-hybridized carbons (Fsp3) is 0.133. The number of benzene rings is 2. The number of fused-ring (bicyclic) bond motifs is 1. The van der Waals surface area contributed by atoms with E-state index in [2.05, 4.69) is 5.10 Å². The van der Waals surface area contributed by atoms with Crippen molar-refractivity contribution in [3.05, 3.63) is 64.2 Å². The van der Waals surface area contributed by atoms with E-state index in [1.807, 2.05) is 30.3 Å². The number of nitrogens with zero attached hydrogens (tertiary/aromatic N) is 3. The minimum Gasteiger partial charge on any atom is -0.481 e. The third-order valence-electron chi connectivity index (χ3n) is 3.25. The number of hydrogen-bond donors (Lipinski definition) is 0. The molecule has 6 nitrogen and oxygen atoms in total. The fourth-order valence-corrected chi connectivity index (χ4v) is 2.29. The Balaban J connectivity index is 2.08. The lowest BCUT2D eigenvalue weighted by Crippen LogP contribution is -2.03. The first kappa shape index (κ1) is 13.1. The summed E-state index contributed by atoms with van der Waals surface area (Å²) in [6, 6.07) is 14.4. The van der Waals surface area contributed by atoms with Crippen LogP contribution in [0.1, 0.15) is 5.56 Å². The van der Waals surface area contributed by atoms with Crippen LogP contribution >= 0.6 is 0 Å². The molecule has 3 aromatic rings. The molecular weight excluding hydrogens is 270 g/mol. The lowest BCUT2D eigenvalue weighted by Gasteiger charge is -2.06. The van der Waals surface area contributed by atoms with Gasteiger partial charge >= 0.3 is 0 Å². The first-order valence-electron chi connectivity index (χ1n) is 6.42. The highest BCUT2D eigenvalue weighted by Gasteiger charge is 2.16. The minimum absolute atomic E-state index is 0.0278. The van der Waals surface area contributed by atoms with Gasteiger partial charge in [-0.1, -0.05) is 30.3 Å². The van der Waals surface area contributed by atoms with Gasteiger partial charge in [0.05, 0.1) is 29.5 Å². The van der Waals surface area contributed by atoms with Gasteiger partial charge in [-0.05, 0) is 11.6 Å². The molecule has 0 aliphatic heterocycles. The molecule has 0 bridgehead atoms. The van der Waals surface area contributed by atoms with E-state index in [1.54, 1.807) is 10.7 Å². The summed E-state index contributed by atoms with van der Waals surface area (Å²) in [5.41, 5.74) is 1.78. The van der Waals surface area contributed by atoms with Crippen LogP contribution in [0, 0.1) is 10.1 Å². The van der Waals surface area contributed by atoms with Crippen molar-refractivity contribution in [2.24, 2.45) is 0 Å². The molecule has 106 valence electrons. The number of non-ortho nitro benzene ring substituents is 1. The van der Waals surface area contributed by atoms with Crippen molar-refractivity contribution in [1.29, 1.82) is 0 Å². The molecule has 1 aromatic heterocycles. The maximum atomic E-state index is 10.9. The van der Waals surface area contributed by atoms with Crippen molar-refractivity contribution in [3.8, 4) is 5.88 Å². The molecular formula is C15H13N3O3. The smallest absolute Gasteiger partial charge is 0.270 e. The summed E-state index contributed by atoms with van der Waals surface area (Å²) in [6.07, 6.45) is 0. The second kappa shape index (κ2) is 5.24. The van der Waals surface area contributed by atoms with Gasteiger partial charge in [0, 0.05) is 12.1 Å². The second-order valence-corrected chi connectivity index (χ2v) is 4.61. The minimum atomic E-state index is -0.423. The zero-order valence-corrected chi connectivity index (χ0v) is 11.4. The lowest BCUT2D eigenvalue weighted by molar-refractivity contribution is -0.384. The Labute approximate surface area is 120 Å². The van der Waals surface area contributed by atoms with Crippen LogP contribution < -0.4 is 4.74 Å². The number of aromatic nitrogens is 2. The average Bonchev–Trinajstić information content (AvgIpc) is 2.84. The quantitative estimate of drug-likeness (QED) is 0.545. The Hall–Kier alpha value is -2.89. The Bertz CT molecular complexity index is 797. The summed E-state index contributed by atoms with van der Waals surface area (Å²) in [5, 5.41) is 16.0. The van der Waals surface area contributed by atoms with Crippen LogP contribution in [0.2, 0.25) is 0 Å². The van der Waals surface area contributed by atoms with Crippen molar-refractivity contribution < 1.29 is 9.66 Å². The first-order chi connectivity index (χ1) is 10.2. The standard InChI is InChI=1S/C15H13N3O3/c1-21-15-13-9-12(18(19)20)7-8-14(13)16-17(15)10-11-5-3-2-4-6-11/h2-9H,10H2,1H3. The summed E-state index contributed by atoms with van der Waals surface area (Å²) in [7, 11) is 1.54. The number of ether oxygens (including phenoxy) is 1. The predicted octanol–water partition coefficient (Wildman–Crippen LogP) is 3.00. The normalized spacial score (nSPS) is 10.7. The summed E-state index contributed by atoms with van der Waals surface area (Å²) in [5.74, 6) is 0.526. The van der Waals surface area contributed by atoms with Crippen molar-refractivity contribution in [3.63, 3.8) is 0 Å². The topological polar surface area (TPSA) is 70.2 Å². The van der Waals surface area contributed by atoms with Crippen LogP contribution in [0.3, 0.4) is 0 Å². The lowest BCUT2D eigenvalue weighted by atomic mass is 10.2. The number of nitro benzene ring substituents is 1. The molecule has 0 amide bonds. The van der Waals surface area contributed by atoms with Gasteiger partial charge in [0.2, 0.25) is 5.88 Å². The van der Waals surface area contributed by atoms with Crippen LogP contribution in [0.25, 0.3) is 10.9 Å². The van der Waals surface area contributed by atoms with E-state index in [0.717, 1.165) is 5.56 Å². The molecule has 0 saturated carbocycles. The zero-order chi connectivity index (χ0) is 14.8. The van der Waals surface area contributed by atoms with Gasteiger partial charge in [-0.15, -0.1) is 0 Å². The number of rotatable bonds is 4. The molecule has 1 heterocycles. The molecule has 0 atom stereocenters. The number of methoxy groups -OCH3 is 1. The van der Waals surface area contributed by atoms with E-state index in [9.17, 15) is 10.1 Å². The molecule has 0 spiro atoms. The summed E-state index contributed by atoms with van der Waals surface area (Å²) < 4.78 is 7.10. The third-order valence-corrected chi connectivity index (χ3v) is 3.25. The Morgan fingerprint density at radius 1 is 1.24 bits per heavy atom. The Kier molecular flexibility index (Phi) is 3.27. The maximum absolute atomic E-state index is 10.9. The molecule has 0 saturated heterocycles. The molecule has 6 heteroatoms. The van der Waals surface area contributed by atoms with Crippen LogP contribution in [0.4, 0.5) is 5.69 Å². The van der Waals surface area contributed by atoms with Gasteiger partial charge < -0.3 is 4.74 Å². The first-order valence-corrected chi connectivity index (χ1v) is 6.42. The fourth-order valence-electron chi connectivity index (χ4n) is 2.29. The molecule has 0 aliphatic carbocycles. The van der Waals surface area contributed by atoms with Gasteiger partial charge in [-0.25, -0.2) is 4.68 Å². The van der Waals surface area contributed by atoms with Gasteiger partial charge in [0.15, 0.2) is 0 Å². The van der Waals surface area contributed by atoms with Gasteiger partial charge in [-0.3, -0.25) is 10.1 Å². The van der Waals surface area contributed by atoms with Crippen LogP contribution in [0.5, 0.6) is 5.88 Å². The van der Waals surface area contributed by atoms with Crippen LogP contribution in [-0.4, -0.2) is 21.8 Å². The Morgan fingerprint density at radius 3 is 2.67 bits per heavy atom. The van der Waals surface area contributed by atoms with E-state index in [1.165, 1.54) is 19.2 Å². The highest BCUT2D eigenvalue weighted by molar-refractivity contribution is 5.86. The van der Waals surface area contributed by atoms with E-state index in [-0.39, 0.29) is 5.69 Å². The van der Waals surface area contributed by atoms with Crippen molar-refractivity contribution >= 4 is 16.6 Å². The third kappa shape index (κ3) is 2.43. The average molecular weight is 283 g/mol. The summed E-state index contributed by atoms with van der Waals surface area (Å²) >= 11 is 0. The van der Waals surface area contributed by atoms with E-state index < -0.39 is 4.92 Å².